The zero-order chi connectivity index (χ0) is 11.5. The van der Waals surface area contributed by atoms with Crippen molar-refractivity contribution in [3.8, 4) is 0 Å². The van der Waals surface area contributed by atoms with Crippen LogP contribution in [0.3, 0.4) is 0 Å². The molecular formula is C14H24O2. The van der Waals surface area contributed by atoms with Crippen LogP contribution in [0.4, 0.5) is 0 Å². The Morgan fingerprint density at radius 3 is 2.50 bits per heavy atom. The predicted octanol–water partition coefficient (Wildman–Crippen LogP) is 3.54. The third-order valence-electron chi connectivity index (χ3n) is 4.25. The summed E-state index contributed by atoms with van der Waals surface area (Å²) in [6.07, 6.45) is 9.29. The molecule has 2 heteroatoms. The van der Waals surface area contributed by atoms with Crippen molar-refractivity contribution in [2.24, 2.45) is 17.8 Å². The van der Waals surface area contributed by atoms with Crippen LogP contribution in [-0.4, -0.2) is 12.1 Å². The fraction of sp³-hybridized carbons (Fsp3) is 0.929. The summed E-state index contributed by atoms with van der Waals surface area (Å²) in [5, 5.41) is 0. The van der Waals surface area contributed by atoms with Crippen molar-refractivity contribution in [3.05, 3.63) is 0 Å². The van der Waals surface area contributed by atoms with Crippen molar-refractivity contribution in [2.45, 2.75) is 64.9 Å². The molecule has 0 aliphatic heterocycles. The van der Waals surface area contributed by atoms with Crippen molar-refractivity contribution >= 4 is 5.97 Å². The summed E-state index contributed by atoms with van der Waals surface area (Å²) in [6, 6.07) is 0. The SMILES string of the molecule is CC(C)C(=O)OC1CCCC2CCCCC21. The number of esters is 1. The van der Waals surface area contributed by atoms with Gasteiger partial charge in [-0.05, 0) is 37.5 Å². The molecule has 0 aromatic carbocycles. The lowest BCUT2D eigenvalue weighted by atomic mass is 9.69. The summed E-state index contributed by atoms with van der Waals surface area (Å²) in [4.78, 5) is 11.7. The van der Waals surface area contributed by atoms with E-state index >= 15 is 0 Å². The highest BCUT2D eigenvalue weighted by atomic mass is 16.5. The first-order chi connectivity index (χ1) is 7.68. The minimum Gasteiger partial charge on any atom is -0.462 e. The van der Waals surface area contributed by atoms with Gasteiger partial charge in [0.25, 0.3) is 0 Å². The zero-order valence-corrected chi connectivity index (χ0v) is 10.6. The zero-order valence-electron chi connectivity index (χ0n) is 10.6. The van der Waals surface area contributed by atoms with Crippen molar-refractivity contribution in [2.75, 3.05) is 0 Å². The minimum absolute atomic E-state index is 0.00350. The van der Waals surface area contributed by atoms with Crippen LogP contribution in [0.25, 0.3) is 0 Å². The molecule has 92 valence electrons. The maximum absolute atomic E-state index is 11.7. The average Bonchev–Trinajstić information content (AvgIpc) is 2.29. The fourth-order valence-electron chi connectivity index (χ4n) is 3.31. The molecule has 0 bridgehead atoms. The van der Waals surface area contributed by atoms with E-state index in [-0.39, 0.29) is 18.0 Å². The smallest absolute Gasteiger partial charge is 0.308 e. The molecule has 2 nitrogen and oxygen atoms in total. The number of rotatable bonds is 2. The second kappa shape index (κ2) is 5.20. The van der Waals surface area contributed by atoms with Crippen LogP contribution in [0.5, 0.6) is 0 Å². The van der Waals surface area contributed by atoms with Gasteiger partial charge in [0.05, 0.1) is 5.92 Å². The lowest BCUT2D eigenvalue weighted by Gasteiger charge is -2.40. The largest absolute Gasteiger partial charge is 0.462 e. The molecule has 3 unspecified atom stereocenters. The van der Waals surface area contributed by atoms with E-state index in [0.29, 0.717) is 5.92 Å². The van der Waals surface area contributed by atoms with Gasteiger partial charge in [-0.2, -0.15) is 0 Å². The Labute approximate surface area is 98.7 Å². The van der Waals surface area contributed by atoms with E-state index in [0.717, 1.165) is 12.3 Å². The highest BCUT2D eigenvalue weighted by Gasteiger charge is 2.37. The van der Waals surface area contributed by atoms with Crippen LogP contribution < -0.4 is 0 Å². The molecule has 0 radical (unpaired) electrons. The van der Waals surface area contributed by atoms with Gasteiger partial charge in [0.15, 0.2) is 0 Å². The lowest BCUT2D eigenvalue weighted by molar-refractivity contribution is -0.160. The van der Waals surface area contributed by atoms with Crippen molar-refractivity contribution < 1.29 is 9.53 Å². The Kier molecular flexibility index (Phi) is 3.88. The molecule has 16 heavy (non-hydrogen) atoms. The molecular weight excluding hydrogens is 200 g/mol. The van der Waals surface area contributed by atoms with E-state index in [2.05, 4.69) is 0 Å². The summed E-state index contributed by atoms with van der Waals surface area (Å²) < 4.78 is 5.68. The van der Waals surface area contributed by atoms with Gasteiger partial charge in [-0.15, -0.1) is 0 Å². The lowest BCUT2D eigenvalue weighted by Crippen LogP contribution is -2.38. The van der Waals surface area contributed by atoms with Gasteiger partial charge < -0.3 is 4.74 Å². The van der Waals surface area contributed by atoms with E-state index < -0.39 is 0 Å². The van der Waals surface area contributed by atoms with Gasteiger partial charge in [-0.25, -0.2) is 0 Å². The molecule has 2 rings (SSSR count). The van der Waals surface area contributed by atoms with Gasteiger partial charge in [-0.1, -0.05) is 33.1 Å². The van der Waals surface area contributed by atoms with E-state index in [4.69, 9.17) is 4.74 Å². The predicted molar refractivity (Wildman–Crippen MR) is 64.0 cm³/mol. The quantitative estimate of drug-likeness (QED) is 0.671. The van der Waals surface area contributed by atoms with Gasteiger partial charge in [-0.3, -0.25) is 4.79 Å². The summed E-state index contributed by atoms with van der Waals surface area (Å²) in [6.45, 7) is 3.84. The molecule has 0 aromatic rings. The Bertz CT molecular complexity index is 245. The van der Waals surface area contributed by atoms with E-state index in [1.165, 1.54) is 38.5 Å². The second-order valence-electron chi connectivity index (χ2n) is 5.77. The van der Waals surface area contributed by atoms with Gasteiger partial charge in [0.1, 0.15) is 6.10 Å². The molecule has 2 aliphatic carbocycles. The number of hydrogen-bond acceptors (Lipinski definition) is 2. The molecule has 3 atom stereocenters. The second-order valence-corrected chi connectivity index (χ2v) is 5.77. The number of carbonyl (C=O) groups is 1. The molecule has 2 aliphatic rings. The van der Waals surface area contributed by atoms with Gasteiger partial charge in [0, 0.05) is 0 Å². The van der Waals surface area contributed by atoms with Crippen molar-refractivity contribution in [1.82, 2.24) is 0 Å². The molecule has 2 fully saturated rings. The standard InChI is InChI=1S/C14H24O2/c1-10(2)14(15)16-13-9-5-7-11-6-3-4-8-12(11)13/h10-13H,3-9H2,1-2H3. The summed E-state index contributed by atoms with van der Waals surface area (Å²) in [5.74, 6) is 1.53. The first kappa shape index (κ1) is 11.9. The molecule has 0 spiro atoms. The number of hydrogen-bond donors (Lipinski definition) is 0. The molecule has 0 amide bonds. The normalized spacial score (nSPS) is 34.6. The van der Waals surface area contributed by atoms with Crippen molar-refractivity contribution in [3.63, 3.8) is 0 Å². The Morgan fingerprint density at radius 1 is 1.06 bits per heavy atom. The molecule has 0 heterocycles. The summed E-state index contributed by atoms with van der Waals surface area (Å²) in [5.41, 5.74) is 0. The maximum atomic E-state index is 11.7. The van der Waals surface area contributed by atoms with Crippen LogP contribution in [-0.2, 0) is 9.53 Å². The highest BCUT2D eigenvalue weighted by Crippen LogP contribution is 2.41. The highest BCUT2D eigenvalue weighted by molar-refractivity contribution is 5.71. The first-order valence-electron chi connectivity index (χ1n) is 6.89. The molecule has 2 saturated carbocycles. The van der Waals surface area contributed by atoms with Crippen LogP contribution in [0.2, 0.25) is 0 Å². The van der Waals surface area contributed by atoms with Gasteiger partial charge >= 0.3 is 5.97 Å². The van der Waals surface area contributed by atoms with Crippen LogP contribution >= 0.6 is 0 Å². The third kappa shape index (κ3) is 2.58. The van der Waals surface area contributed by atoms with E-state index in [9.17, 15) is 4.79 Å². The van der Waals surface area contributed by atoms with Crippen molar-refractivity contribution in [1.29, 1.82) is 0 Å². The summed E-state index contributed by atoms with van der Waals surface area (Å²) in [7, 11) is 0. The fourth-order valence-corrected chi connectivity index (χ4v) is 3.31. The number of ether oxygens (including phenoxy) is 1. The van der Waals surface area contributed by atoms with Gasteiger partial charge in [0.2, 0.25) is 0 Å². The van der Waals surface area contributed by atoms with Crippen LogP contribution in [0, 0.1) is 17.8 Å². The Hall–Kier alpha value is -0.530. The Balaban J connectivity index is 1.94. The number of carbonyl (C=O) groups excluding carboxylic acids is 1. The Morgan fingerprint density at radius 2 is 1.75 bits per heavy atom. The topological polar surface area (TPSA) is 26.3 Å². The average molecular weight is 224 g/mol. The van der Waals surface area contributed by atoms with E-state index in [1.807, 2.05) is 13.8 Å². The summed E-state index contributed by atoms with van der Waals surface area (Å²) >= 11 is 0. The number of fused-ring (bicyclic) bond motifs is 1. The molecule has 0 N–H and O–H groups in total. The first-order valence-corrected chi connectivity index (χ1v) is 6.89. The third-order valence-corrected chi connectivity index (χ3v) is 4.25. The van der Waals surface area contributed by atoms with Crippen LogP contribution in [0.1, 0.15) is 58.8 Å². The van der Waals surface area contributed by atoms with E-state index in [1.54, 1.807) is 0 Å². The molecule has 0 saturated heterocycles. The minimum atomic E-state index is -0.00350. The molecule has 0 aromatic heterocycles. The maximum Gasteiger partial charge on any atom is 0.308 e. The van der Waals surface area contributed by atoms with Crippen LogP contribution in [0.15, 0.2) is 0 Å². The monoisotopic (exact) mass is 224 g/mol.